The van der Waals surface area contributed by atoms with Crippen LogP contribution in [0.3, 0.4) is 0 Å². The quantitative estimate of drug-likeness (QED) is 0.428. The van der Waals surface area contributed by atoms with Crippen molar-refractivity contribution in [2.24, 2.45) is 0 Å². The number of hydrogen-bond acceptors (Lipinski definition) is 5. The number of halogens is 1. The van der Waals surface area contributed by atoms with E-state index in [0.29, 0.717) is 20.9 Å². The number of nitrogens with one attached hydrogen (secondary N) is 1. The number of methoxy groups -OCH3 is 1. The molecule has 1 amide bonds. The molecule has 0 aliphatic heterocycles. The fourth-order valence-electron chi connectivity index (χ4n) is 3.12. The molecule has 5 nitrogen and oxygen atoms in total. The number of phenolic OH excluding ortho intramolecular Hbond substituents is 1. The average molecular weight is 425 g/mol. The van der Waals surface area contributed by atoms with Crippen LogP contribution in [0.4, 0.5) is 5.13 Å². The maximum absolute atomic E-state index is 12.8. The van der Waals surface area contributed by atoms with Gasteiger partial charge in [-0.15, -0.1) is 11.3 Å². The summed E-state index contributed by atoms with van der Waals surface area (Å²) < 4.78 is 5.18. The van der Waals surface area contributed by atoms with E-state index in [2.05, 4.69) is 10.3 Å². The highest BCUT2D eigenvalue weighted by atomic mass is 35.5. The molecule has 0 spiro atoms. The van der Waals surface area contributed by atoms with E-state index in [1.807, 2.05) is 37.3 Å². The number of hydrogen-bond donors (Lipinski definition) is 2. The monoisotopic (exact) mass is 424 g/mol. The zero-order valence-corrected chi connectivity index (χ0v) is 17.3. The number of benzene rings is 3. The lowest BCUT2D eigenvalue weighted by atomic mass is 10.0. The number of amides is 1. The van der Waals surface area contributed by atoms with E-state index >= 15 is 0 Å². The van der Waals surface area contributed by atoms with E-state index in [4.69, 9.17) is 16.3 Å². The fraction of sp³-hybridized carbons (Fsp3) is 0.0909. The predicted molar refractivity (Wildman–Crippen MR) is 117 cm³/mol. The minimum atomic E-state index is -0.467. The molecule has 146 valence electrons. The third-order valence-electron chi connectivity index (χ3n) is 4.59. The van der Waals surface area contributed by atoms with Crippen LogP contribution >= 0.6 is 22.9 Å². The van der Waals surface area contributed by atoms with Crippen molar-refractivity contribution in [3.63, 3.8) is 0 Å². The number of ether oxygens (including phenoxy) is 1. The van der Waals surface area contributed by atoms with E-state index < -0.39 is 5.91 Å². The molecule has 4 aromatic rings. The molecule has 0 saturated carbocycles. The van der Waals surface area contributed by atoms with Crippen LogP contribution in [0.5, 0.6) is 11.5 Å². The lowest BCUT2D eigenvalue weighted by molar-refractivity contribution is 0.102. The van der Waals surface area contributed by atoms with E-state index in [1.54, 1.807) is 25.3 Å². The summed E-state index contributed by atoms with van der Waals surface area (Å²) in [5.41, 5.74) is 1.82. The Labute approximate surface area is 176 Å². The number of thiazole rings is 1. The van der Waals surface area contributed by atoms with Crippen molar-refractivity contribution in [3.05, 3.63) is 70.1 Å². The van der Waals surface area contributed by atoms with Crippen LogP contribution in [-0.4, -0.2) is 23.1 Å². The highest BCUT2D eigenvalue weighted by Gasteiger charge is 2.19. The fourth-order valence-corrected chi connectivity index (χ4v) is 4.22. The van der Waals surface area contributed by atoms with Gasteiger partial charge >= 0.3 is 0 Å². The SMILES string of the molecule is COc1ccc(-c2nc(NC(=O)c3cc(Cl)c4ccccc4c3O)sc2C)cc1. The zero-order chi connectivity index (χ0) is 20.5. The number of anilines is 1. The first-order valence-corrected chi connectivity index (χ1v) is 10.0. The number of carbonyl (C=O) groups excluding carboxylic acids is 1. The molecule has 0 atom stereocenters. The molecule has 4 rings (SSSR count). The lowest BCUT2D eigenvalue weighted by Gasteiger charge is -2.09. The first kappa shape index (κ1) is 19.2. The molecule has 0 bridgehead atoms. The summed E-state index contributed by atoms with van der Waals surface area (Å²) in [6, 6.07) is 16.2. The van der Waals surface area contributed by atoms with Crippen LogP contribution < -0.4 is 10.1 Å². The molecule has 1 aromatic heterocycles. The third kappa shape index (κ3) is 3.64. The summed E-state index contributed by atoms with van der Waals surface area (Å²) in [7, 11) is 1.62. The molecular weight excluding hydrogens is 408 g/mol. The van der Waals surface area contributed by atoms with Crippen molar-refractivity contribution in [3.8, 4) is 22.8 Å². The Hall–Kier alpha value is -3.09. The van der Waals surface area contributed by atoms with E-state index in [-0.39, 0.29) is 11.3 Å². The van der Waals surface area contributed by atoms with Crippen molar-refractivity contribution < 1.29 is 14.6 Å². The van der Waals surface area contributed by atoms with Crippen molar-refractivity contribution >= 4 is 44.7 Å². The van der Waals surface area contributed by atoms with Gasteiger partial charge in [-0.05, 0) is 37.3 Å². The van der Waals surface area contributed by atoms with Crippen LogP contribution in [0, 0.1) is 6.92 Å². The second-order valence-corrected chi connectivity index (χ2v) is 8.02. The summed E-state index contributed by atoms with van der Waals surface area (Å²) in [4.78, 5) is 18.3. The summed E-state index contributed by atoms with van der Waals surface area (Å²) >= 11 is 7.67. The van der Waals surface area contributed by atoms with Gasteiger partial charge in [-0.25, -0.2) is 4.98 Å². The molecule has 0 fully saturated rings. The number of rotatable bonds is 4. The highest BCUT2D eigenvalue weighted by Crippen LogP contribution is 2.36. The van der Waals surface area contributed by atoms with Crippen molar-refractivity contribution in [2.45, 2.75) is 6.92 Å². The largest absolute Gasteiger partial charge is 0.506 e. The molecule has 29 heavy (non-hydrogen) atoms. The predicted octanol–water partition coefficient (Wildman–Crippen LogP) is 5.89. The van der Waals surface area contributed by atoms with Gasteiger partial charge in [-0.3, -0.25) is 10.1 Å². The van der Waals surface area contributed by atoms with Gasteiger partial charge in [0.1, 0.15) is 11.5 Å². The smallest absolute Gasteiger partial charge is 0.261 e. The lowest BCUT2D eigenvalue weighted by Crippen LogP contribution is -2.12. The Bertz CT molecular complexity index is 1220. The van der Waals surface area contributed by atoms with Crippen LogP contribution in [0.15, 0.2) is 54.6 Å². The molecular formula is C22H17ClN2O3S. The van der Waals surface area contributed by atoms with Gasteiger partial charge in [0.15, 0.2) is 5.13 Å². The molecule has 2 N–H and O–H groups in total. The summed E-state index contributed by atoms with van der Waals surface area (Å²) in [5.74, 6) is 0.190. The Morgan fingerprint density at radius 2 is 1.83 bits per heavy atom. The van der Waals surface area contributed by atoms with Gasteiger partial charge < -0.3 is 9.84 Å². The van der Waals surface area contributed by atoms with Crippen LogP contribution in [0.2, 0.25) is 5.02 Å². The van der Waals surface area contributed by atoms with Crippen molar-refractivity contribution in [1.29, 1.82) is 0 Å². The molecule has 0 aliphatic rings. The van der Waals surface area contributed by atoms with E-state index in [1.165, 1.54) is 17.4 Å². The number of nitrogens with zero attached hydrogens (tertiary/aromatic N) is 1. The van der Waals surface area contributed by atoms with Gasteiger partial charge in [-0.2, -0.15) is 0 Å². The average Bonchev–Trinajstić information content (AvgIpc) is 3.10. The van der Waals surface area contributed by atoms with Crippen molar-refractivity contribution in [2.75, 3.05) is 12.4 Å². The minimum Gasteiger partial charge on any atom is -0.506 e. The maximum Gasteiger partial charge on any atom is 0.261 e. The number of aromatic nitrogens is 1. The highest BCUT2D eigenvalue weighted by molar-refractivity contribution is 7.16. The molecule has 1 heterocycles. The topological polar surface area (TPSA) is 71.5 Å². The first-order chi connectivity index (χ1) is 14.0. The number of carbonyl (C=O) groups is 1. The summed E-state index contributed by atoms with van der Waals surface area (Å²) in [6.45, 7) is 1.94. The third-order valence-corrected chi connectivity index (χ3v) is 5.79. The number of aromatic hydroxyl groups is 1. The molecule has 7 heteroatoms. The normalized spacial score (nSPS) is 10.9. The van der Waals surface area contributed by atoms with Gasteiger partial charge in [0.2, 0.25) is 0 Å². The Balaban J connectivity index is 1.64. The van der Waals surface area contributed by atoms with E-state index in [0.717, 1.165) is 21.9 Å². The van der Waals surface area contributed by atoms with Gasteiger partial charge in [0.25, 0.3) is 5.91 Å². The first-order valence-electron chi connectivity index (χ1n) is 8.81. The maximum atomic E-state index is 12.8. The minimum absolute atomic E-state index is 0.104. The van der Waals surface area contributed by atoms with Gasteiger partial charge in [0.05, 0.1) is 18.4 Å². The van der Waals surface area contributed by atoms with E-state index in [9.17, 15) is 9.90 Å². The standard InChI is InChI=1S/C22H17ClN2O3S/c1-12-19(13-7-9-14(28-2)10-8-13)24-22(29-12)25-21(27)17-11-18(23)15-5-3-4-6-16(15)20(17)26/h3-11,26H,1-2H3,(H,24,25,27). The number of fused-ring (bicyclic) bond motifs is 1. The van der Waals surface area contributed by atoms with Crippen molar-refractivity contribution in [1.82, 2.24) is 4.98 Å². The molecule has 0 aliphatic carbocycles. The van der Waals surface area contributed by atoms with Crippen LogP contribution in [0.1, 0.15) is 15.2 Å². The second-order valence-electron chi connectivity index (χ2n) is 6.41. The molecule has 3 aromatic carbocycles. The molecule has 0 unspecified atom stereocenters. The van der Waals surface area contributed by atoms with Gasteiger partial charge in [-0.1, -0.05) is 35.9 Å². The Morgan fingerprint density at radius 1 is 1.14 bits per heavy atom. The van der Waals surface area contributed by atoms with Gasteiger partial charge in [0, 0.05) is 26.2 Å². The summed E-state index contributed by atoms with van der Waals surface area (Å²) in [5, 5.41) is 15.4. The Morgan fingerprint density at radius 3 is 2.52 bits per heavy atom. The van der Waals surface area contributed by atoms with Crippen LogP contribution in [-0.2, 0) is 0 Å². The second kappa shape index (κ2) is 7.73. The zero-order valence-electron chi connectivity index (χ0n) is 15.7. The Kier molecular flexibility index (Phi) is 5.13. The number of phenols is 1. The van der Waals surface area contributed by atoms with Crippen LogP contribution in [0.25, 0.3) is 22.0 Å². The molecule has 0 saturated heterocycles. The molecule has 0 radical (unpaired) electrons. The summed E-state index contributed by atoms with van der Waals surface area (Å²) in [6.07, 6.45) is 0. The number of aryl methyl sites for hydroxylation is 1.